The molecular formula is C12H13FN2. The molecule has 0 unspecified atom stereocenters. The summed E-state index contributed by atoms with van der Waals surface area (Å²) in [6, 6.07) is 6.66. The summed E-state index contributed by atoms with van der Waals surface area (Å²) in [5.41, 5.74) is 0.621. The van der Waals surface area contributed by atoms with Crippen molar-refractivity contribution >= 4 is 0 Å². The minimum Gasteiger partial charge on any atom is -0.312 e. The highest BCUT2D eigenvalue weighted by Crippen LogP contribution is 2.11. The normalized spacial score (nSPS) is 9.60. The first-order valence-corrected chi connectivity index (χ1v) is 4.78. The molecular weight excluding hydrogens is 191 g/mol. The van der Waals surface area contributed by atoms with E-state index in [0.29, 0.717) is 12.1 Å². The minimum atomic E-state index is -0.425. The lowest BCUT2D eigenvalue weighted by Gasteiger charge is -2.05. The molecule has 0 saturated heterocycles. The molecule has 0 saturated carbocycles. The number of benzene rings is 1. The van der Waals surface area contributed by atoms with E-state index in [0.717, 1.165) is 13.0 Å². The fourth-order valence-electron chi connectivity index (χ4n) is 1.23. The first kappa shape index (κ1) is 11.4. The van der Waals surface area contributed by atoms with Gasteiger partial charge in [-0.25, -0.2) is 4.39 Å². The molecule has 0 aliphatic rings. The van der Waals surface area contributed by atoms with Gasteiger partial charge >= 0.3 is 0 Å². The Balaban J connectivity index is 2.62. The molecule has 0 radical (unpaired) electrons. The molecule has 0 fully saturated rings. The van der Waals surface area contributed by atoms with E-state index in [4.69, 9.17) is 5.26 Å². The van der Waals surface area contributed by atoms with Gasteiger partial charge in [-0.1, -0.05) is 18.2 Å². The number of hydrogen-bond donors (Lipinski definition) is 1. The van der Waals surface area contributed by atoms with Crippen molar-refractivity contribution in [3.63, 3.8) is 0 Å². The van der Waals surface area contributed by atoms with Crippen LogP contribution in [0, 0.1) is 17.1 Å². The van der Waals surface area contributed by atoms with Crippen LogP contribution in [0.2, 0.25) is 0 Å². The Labute approximate surface area is 89.0 Å². The van der Waals surface area contributed by atoms with Crippen LogP contribution in [0.1, 0.15) is 17.5 Å². The minimum absolute atomic E-state index is 0.0954. The molecule has 0 amide bonds. The first-order chi connectivity index (χ1) is 7.29. The molecule has 0 aromatic heterocycles. The Morgan fingerprint density at radius 2 is 2.33 bits per heavy atom. The smallest absolute Gasteiger partial charge is 0.145 e. The number of nitrogens with one attached hydrogen (secondary N) is 1. The summed E-state index contributed by atoms with van der Waals surface area (Å²) in [5, 5.41) is 11.7. The molecule has 0 aliphatic heterocycles. The van der Waals surface area contributed by atoms with E-state index in [-0.39, 0.29) is 5.56 Å². The summed E-state index contributed by atoms with van der Waals surface area (Å²) in [5.74, 6) is -0.425. The third kappa shape index (κ3) is 3.19. The Morgan fingerprint density at radius 3 is 3.00 bits per heavy atom. The van der Waals surface area contributed by atoms with Crippen LogP contribution in [0.25, 0.3) is 0 Å². The standard InChI is InChI=1S/C12H13FN2/c1-2-3-7-15-9-11-6-4-5-10(8-14)12(11)13/h2,4-6,15H,1,3,7,9H2. The molecule has 1 rings (SSSR count). The van der Waals surface area contributed by atoms with Crippen LogP contribution in [0.3, 0.4) is 0 Å². The van der Waals surface area contributed by atoms with Crippen LogP contribution in [-0.4, -0.2) is 6.54 Å². The van der Waals surface area contributed by atoms with Crippen LogP contribution in [0.15, 0.2) is 30.9 Å². The van der Waals surface area contributed by atoms with E-state index in [9.17, 15) is 4.39 Å². The van der Waals surface area contributed by atoms with Gasteiger partial charge in [0, 0.05) is 12.1 Å². The summed E-state index contributed by atoms with van der Waals surface area (Å²) in [7, 11) is 0. The van der Waals surface area contributed by atoms with Gasteiger partial charge in [0.15, 0.2) is 0 Å². The third-order valence-corrected chi connectivity index (χ3v) is 2.04. The summed E-state index contributed by atoms with van der Waals surface area (Å²) >= 11 is 0. The highest BCUT2D eigenvalue weighted by Gasteiger charge is 2.05. The van der Waals surface area contributed by atoms with Crippen LogP contribution < -0.4 is 5.32 Å². The Kier molecular flexibility index (Phi) is 4.52. The van der Waals surface area contributed by atoms with Crippen LogP contribution >= 0.6 is 0 Å². The molecule has 3 heteroatoms. The summed E-state index contributed by atoms with van der Waals surface area (Å²) < 4.78 is 13.5. The fourth-order valence-corrected chi connectivity index (χ4v) is 1.23. The molecule has 0 atom stereocenters. The van der Waals surface area contributed by atoms with Gasteiger partial charge < -0.3 is 5.32 Å². The first-order valence-electron chi connectivity index (χ1n) is 4.78. The molecule has 0 bridgehead atoms. The SMILES string of the molecule is C=CCCNCc1cccc(C#N)c1F. The second-order valence-electron chi connectivity index (χ2n) is 3.14. The van der Waals surface area contributed by atoms with E-state index in [2.05, 4.69) is 11.9 Å². The van der Waals surface area contributed by atoms with Gasteiger partial charge in [0.2, 0.25) is 0 Å². The monoisotopic (exact) mass is 204 g/mol. The largest absolute Gasteiger partial charge is 0.312 e. The number of nitriles is 1. The predicted octanol–water partition coefficient (Wildman–Crippen LogP) is 2.36. The number of hydrogen-bond acceptors (Lipinski definition) is 2. The molecule has 1 N–H and O–H groups in total. The average Bonchev–Trinajstić information content (AvgIpc) is 2.26. The van der Waals surface area contributed by atoms with Crippen molar-refractivity contribution in [1.82, 2.24) is 5.32 Å². The lowest BCUT2D eigenvalue weighted by atomic mass is 10.1. The summed E-state index contributed by atoms with van der Waals surface area (Å²) in [6.07, 6.45) is 2.65. The van der Waals surface area contributed by atoms with Crippen molar-refractivity contribution in [2.24, 2.45) is 0 Å². The zero-order chi connectivity index (χ0) is 11.1. The molecule has 0 spiro atoms. The van der Waals surface area contributed by atoms with Crippen LogP contribution in [0.5, 0.6) is 0 Å². The zero-order valence-electron chi connectivity index (χ0n) is 8.46. The van der Waals surface area contributed by atoms with Gasteiger partial charge in [0.05, 0.1) is 5.56 Å². The summed E-state index contributed by atoms with van der Waals surface area (Å²) in [4.78, 5) is 0. The average molecular weight is 204 g/mol. The summed E-state index contributed by atoms with van der Waals surface area (Å²) in [6.45, 7) is 4.80. The van der Waals surface area contributed by atoms with E-state index in [1.165, 1.54) is 6.07 Å². The van der Waals surface area contributed by atoms with Gasteiger partial charge in [0.1, 0.15) is 11.9 Å². The Bertz CT molecular complexity index is 380. The van der Waals surface area contributed by atoms with E-state index < -0.39 is 5.82 Å². The van der Waals surface area contributed by atoms with E-state index in [1.54, 1.807) is 18.2 Å². The van der Waals surface area contributed by atoms with Crippen molar-refractivity contribution in [2.45, 2.75) is 13.0 Å². The maximum Gasteiger partial charge on any atom is 0.145 e. The highest BCUT2D eigenvalue weighted by molar-refractivity contribution is 5.34. The van der Waals surface area contributed by atoms with Crippen molar-refractivity contribution < 1.29 is 4.39 Å². The molecule has 15 heavy (non-hydrogen) atoms. The zero-order valence-corrected chi connectivity index (χ0v) is 8.46. The Morgan fingerprint density at radius 1 is 1.53 bits per heavy atom. The number of rotatable bonds is 5. The lowest BCUT2D eigenvalue weighted by molar-refractivity contribution is 0.586. The van der Waals surface area contributed by atoms with Gasteiger partial charge in [-0.2, -0.15) is 5.26 Å². The van der Waals surface area contributed by atoms with Crippen LogP contribution in [0.4, 0.5) is 4.39 Å². The van der Waals surface area contributed by atoms with Gasteiger partial charge in [-0.15, -0.1) is 6.58 Å². The molecule has 78 valence electrons. The second-order valence-corrected chi connectivity index (χ2v) is 3.14. The molecule has 2 nitrogen and oxygen atoms in total. The maximum absolute atomic E-state index is 13.5. The van der Waals surface area contributed by atoms with E-state index in [1.807, 2.05) is 6.07 Å². The number of halogens is 1. The lowest BCUT2D eigenvalue weighted by Crippen LogP contribution is -2.15. The highest BCUT2D eigenvalue weighted by atomic mass is 19.1. The number of nitrogens with zero attached hydrogens (tertiary/aromatic N) is 1. The van der Waals surface area contributed by atoms with Crippen molar-refractivity contribution in [3.8, 4) is 6.07 Å². The Hall–Kier alpha value is -1.66. The fraction of sp³-hybridized carbons (Fsp3) is 0.250. The molecule has 1 aromatic carbocycles. The molecule has 0 aliphatic carbocycles. The predicted molar refractivity (Wildman–Crippen MR) is 57.6 cm³/mol. The maximum atomic E-state index is 13.5. The van der Waals surface area contributed by atoms with Gasteiger partial charge in [-0.3, -0.25) is 0 Å². The quantitative estimate of drug-likeness (QED) is 0.590. The molecule has 0 heterocycles. The van der Waals surface area contributed by atoms with Gasteiger partial charge in [0.25, 0.3) is 0 Å². The van der Waals surface area contributed by atoms with Crippen molar-refractivity contribution in [3.05, 3.63) is 47.8 Å². The van der Waals surface area contributed by atoms with Gasteiger partial charge in [-0.05, 0) is 19.0 Å². The van der Waals surface area contributed by atoms with Crippen molar-refractivity contribution in [1.29, 1.82) is 5.26 Å². The van der Waals surface area contributed by atoms with Crippen LogP contribution in [-0.2, 0) is 6.54 Å². The third-order valence-electron chi connectivity index (χ3n) is 2.04. The molecule has 1 aromatic rings. The van der Waals surface area contributed by atoms with Crippen molar-refractivity contribution in [2.75, 3.05) is 6.54 Å². The topological polar surface area (TPSA) is 35.8 Å². The van der Waals surface area contributed by atoms with E-state index >= 15 is 0 Å². The second kappa shape index (κ2) is 5.94.